The van der Waals surface area contributed by atoms with Gasteiger partial charge in [0.15, 0.2) is 0 Å². The molecule has 0 fully saturated rings. The average molecular weight is 353 g/mol. The molecule has 0 aliphatic rings. The second-order valence-electron chi connectivity index (χ2n) is 5.00. The number of benzene rings is 2. The normalized spacial score (nSPS) is 12.4. The molecule has 1 unspecified atom stereocenters. The molecule has 3 heteroatoms. The van der Waals surface area contributed by atoms with Crippen LogP contribution in [-0.2, 0) is 0 Å². The Morgan fingerprint density at radius 2 is 1.85 bits per heavy atom. The predicted octanol–water partition coefficient (Wildman–Crippen LogP) is 5.42. The number of hydrogen-bond donors (Lipinski definition) is 1. The SMILES string of the molecule is CCNC(c1ccc(C)c(Cl)c1)c1ccc(Br)cc1C. The molecule has 0 radical (unpaired) electrons. The molecule has 2 aromatic rings. The summed E-state index contributed by atoms with van der Waals surface area (Å²) in [5.41, 5.74) is 4.86. The first-order chi connectivity index (χ1) is 9.52. The first-order valence-electron chi connectivity index (χ1n) is 6.78. The van der Waals surface area contributed by atoms with Crippen LogP contribution in [0.15, 0.2) is 40.9 Å². The van der Waals surface area contributed by atoms with Gasteiger partial charge < -0.3 is 5.32 Å². The van der Waals surface area contributed by atoms with Crippen molar-refractivity contribution in [1.29, 1.82) is 0 Å². The van der Waals surface area contributed by atoms with Crippen LogP contribution in [0.3, 0.4) is 0 Å². The Balaban J connectivity index is 2.47. The molecule has 1 N–H and O–H groups in total. The molecule has 0 aliphatic heterocycles. The molecule has 0 bridgehead atoms. The summed E-state index contributed by atoms with van der Waals surface area (Å²) >= 11 is 9.80. The van der Waals surface area contributed by atoms with E-state index in [9.17, 15) is 0 Å². The van der Waals surface area contributed by atoms with Crippen molar-refractivity contribution in [2.45, 2.75) is 26.8 Å². The molecule has 2 rings (SSSR count). The van der Waals surface area contributed by atoms with Crippen LogP contribution in [0.2, 0.25) is 5.02 Å². The maximum Gasteiger partial charge on any atom is 0.0579 e. The van der Waals surface area contributed by atoms with Gasteiger partial charge in [-0.3, -0.25) is 0 Å². The zero-order valence-electron chi connectivity index (χ0n) is 12.0. The van der Waals surface area contributed by atoms with E-state index < -0.39 is 0 Å². The number of rotatable bonds is 4. The van der Waals surface area contributed by atoms with Gasteiger partial charge in [0.2, 0.25) is 0 Å². The van der Waals surface area contributed by atoms with E-state index in [4.69, 9.17) is 11.6 Å². The molecule has 0 amide bonds. The first kappa shape index (κ1) is 15.6. The standard InChI is InChI=1S/C17H19BrClN/c1-4-20-17(13-6-5-11(2)16(19)10-13)15-8-7-14(18)9-12(15)3/h5-10,17,20H,4H2,1-3H3. The van der Waals surface area contributed by atoms with Gasteiger partial charge in [-0.25, -0.2) is 0 Å². The highest BCUT2D eigenvalue weighted by atomic mass is 79.9. The second kappa shape index (κ2) is 6.75. The summed E-state index contributed by atoms with van der Waals surface area (Å²) in [6.07, 6.45) is 0. The molecule has 106 valence electrons. The molecule has 1 nitrogen and oxygen atoms in total. The Labute approximate surface area is 134 Å². The predicted molar refractivity (Wildman–Crippen MR) is 90.6 cm³/mol. The van der Waals surface area contributed by atoms with E-state index in [0.717, 1.165) is 21.6 Å². The second-order valence-corrected chi connectivity index (χ2v) is 6.32. The fourth-order valence-corrected chi connectivity index (χ4v) is 3.03. The van der Waals surface area contributed by atoms with Crippen LogP contribution < -0.4 is 5.32 Å². The summed E-state index contributed by atoms with van der Waals surface area (Å²) in [6, 6.07) is 12.9. The molecule has 0 aromatic heterocycles. The molecule has 0 saturated heterocycles. The summed E-state index contributed by atoms with van der Waals surface area (Å²) < 4.78 is 1.11. The summed E-state index contributed by atoms with van der Waals surface area (Å²) in [5.74, 6) is 0. The fourth-order valence-electron chi connectivity index (χ4n) is 2.36. The molecule has 2 aromatic carbocycles. The van der Waals surface area contributed by atoms with Gasteiger partial charge in [-0.05, 0) is 60.8 Å². The van der Waals surface area contributed by atoms with E-state index in [1.165, 1.54) is 16.7 Å². The molecule has 20 heavy (non-hydrogen) atoms. The highest BCUT2D eigenvalue weighted by Crippen LogP contribution is 2.29. The summed E-state index contributed by atoms with van der Waals surface area (Å²) in [6.45, 7) is 7.20. The van der Waals surface area contributed by atoms with Crippen LogP contribution >= 0.6 is 27.5 Å². The highest BCUT2D eigenvalue weighted by Gasteiger charge is 2.16. The van der Waals surface area contributed by atoms with Crippen LogP contribution in [0.4, 0.5) is 0 Å². The molecule has 1 atom stereocenters. The number of halogens is 2. The Kier molecular flexibility index (Phi) is 5.25. The molecule has 0 aliphatic carbocycles. The van der Waals surface area contributed by atoms with Gasteiger partial charge in [-0.15, -0.1) is 0 Å². The minimum atomic E-state index is 0.172. The molecule has 0 spiro atoms. The topological polar surface area (TPSA) is 12.0 Å². The van der Waals surface area contributed by atoms with E-state index in [0.29, 0.717) is 0 Å². The van der Waals surface area contributed by atoms with Crippen molar-refractivity contribution in [3.8, 4) is 0 Å². The Bertz CT molecular complexity index is 610. The minimum Gasteiger partial charge on any atom is -0.307 e. The van der Waals surface area contributed by atoms with Crippen molar-refractivity contribution in [3.63, 3.8) is 0 Å². The van der Waals surface area contributed by atoms with E-state index in [2.05, 4.69) is 71.5 Å². The van der Waals surface area contributed by atoms with Gasteiger partial charge >= 0.3 is 0 Å². The third-order valence-electron chi connectivity index (χ3n) is 3.48. The van der Waals surface area contributed by atoms with Gasteiger partial charge in [0.1, 0.15) is 0 Å². The third-order valence-corrected chi connectivity index (χ3v) is 4.38. The zero-order chi connectivity index (χ0) is 14.7. The monoisotopic (exact) mass is 351 g/mol. The van der Waals surface area contributed by atoms with Crippen LogP contribution in [0, 0.1) is 13.8 Å². The lowest BCUT2D eigenvalue weighted by Gasteiger charge is -2.21. The zero-order valence-corrected chi connectivity index (χ0v) is 14.3. The Morgan fingerprint density at radius 3 is 2.45 bits per heavy atom. The minimum absolute atomic E-state index is 0.172. The van der Waals surface area contributed by atoms with E-state index in [1.807, 2.05) is 6.92 Å². The molecule has 0 heterocycles. The van der Waals surface area contributed by atoms with Crippen molar-refractivity contribution < 1.29 is 0 Å². The first-order valence-corrected chi connectivity index (χ1v) is 7.95. The van der Waals surface area contributed by atoms with Gasteiger partial charge in [0.25, 0.3) is 0 Å². The van der Waals surface area contributed by atoms with Crippen molar-refractivity contribution in [1.82, 2.24) is 5.32 Å². The fraction of sp³-hybridized carbons (Fsp3) is 0.294. The van der Waals surface area contributed by atoms with Crippen LogP contribution in [0.25, 0.3) is 0 Å². The largest absolute Gasteiger partial charge is 0.307 e. The van der Waals surface area contributed by atoms with Gasteiger partial charge in [0, 0.05) is 9.50 Å². The Morgan fingerprint density at radius 1 is 1.10 bits per heavy atom. The highest BCUT2D eigenvalue weighted by molar-refractivity contribution is 9.10. The van der Waals surface area contributed by atoms with Gasteiger partial charge in [-0.1, -0.05) is 52.7 Å². The van der Waals surface area contributed by atoms with Crippen molar-refractivity contribution in [2.24, 2.45) is 0 Å². The van der Waals surface area contributed by atoms with Crippen LogP contribution in [0.1, 0.15) is 35.2 Å². The summed E-state index contributed by atoms with van der Waals surface area (Å²) in [4.78, 5) is 0. The van der Waals surface area contributed by atoms with Crippen LogP contribution in [-0.4, -0.2) is 6.54 Å². The summed E-state index contributed by atoms with van der Waals surface area (Å²) in [7, 11) is 0. The third kappa shape index (κ3) is 3.43. The lowest BCUT2D eigenvalue weighted by Crippen LogP contribution is -2.22. The van der Waals surface area contributed by atoms with E-state index in [1.54, 1.807) is 0 Å². The Hall–Kier alpha value is -0.830. The maximum atomic E-state index is 6.28. The van der Waals surface area contributed by atoms with Gasteiger partial charge in [-0.2, -0.15) is 0 Å². The van der Waals surface area contributed by atoms with E-state index >= 15 is 0 Å². The molecular weight excluding hydrogens is 334 g/mol. The quantitative estimate of drug-likeness (QED) is 0.775. The average Bonchev–Trinajstić information content (AvgIpc) is 2.40. The van der Waals surface area contributed by atoms with Crippen molar-refractivity contribution in [3.05, 3.63) is 68.1 Å². The smallest absolute Gasteiger partial charge is 0.0579 e. The summed E-state index contributed by atoms with van der Waals surface area (Å²) in [5, 5.41) is 4.37. The van der Waals surface area contributed by atoms with Gasteiger partial charge in [0.05, 0.1) is 6.04 Å². The lowest BCUT2D eigenvalue weighted by molar-refractivity contribution is 0.627. The molecule has 0 saturated carbocycles. The van der Waals surface area contributed by atoms with Crippen molar-refractivity contribution >= 4 is 27.5 Å². The lowest BCUT2D eigenvalue weighted by atomic mass is 9.94. The number of nitrogens with one attached hydrogen (secondary N) is 1. The van der Waals surface area contributed by atoms with Crippen LogP contribution in [0.5, 0.6) is 0 Å². The maximum absolute atomic E-state index is 6.28. The number of hydrogen-bond acceptors (Lipinski definition) is 1. The molecular formula is C17H19BrClN. The number of aryl methyl sites for hydroxylation is 2. The van der Waals surface area contributed by atoms with E-state index in [-0.39, 0.29) is 6.04 Å². The van der Waals surface area contributed by atoms with Crippen molar-refractivity contribution in [2.75, 3.05) is 6.54 Å².